The number of rotatable bonds is 3. The number of azo groups is 1. The van der Waals surface area contributed by atoms with Gasteiger partial charge in [0, 0.05) is 18.0 Å². The highest BCUT2D eigenvalue weighted by Gasteiger charge is 2.10. The van der Waals surface area contributed by atoms with E-state index in [2.05, 4.69) is 30.2 Å². The molecule has 94 valence electrons. The van der Waals surface area contributed by atoms with E-state index in [1.165, 1.54) is 0 Å². The highest BCUT2D eigenvalue weighted by Crippen LogP contribution is 2.29. The average molecular weight is 254 g/mol. The van der Waals surface area contributed by atoms with E-state index in [0.717, 1.165) is 5.56 Å². The third kappa shape index (κ3) is 2.34. The van der Waals surface area contributed by atoms with E-state index in [1.807, 2.05) is 30.3 Å². The first-order chi connectivity index (χ1) is 9.33. The lowest BCUT2D eigenvalue weighted by atomic mass is 10.2. The predicted molar refractivity (Wildman–Crippen MR) is 68.5 cm³/mol. The molecule has 0 saturated heterocycles. The molecule has 3 rings (SSSR count). The lowest BCUT2D eigenvalue weighted by Crippen LogP contribution is -1.76. The monoisotopic (exact) mass is 254 g/mol. The Morgan fingerprint density at radius 3 is 2.58 bits per heavy atom. The second-order valence-electron chi connectivity index (χ2n) is 3.74. The number of H-pyrrole nitrogens is 2. The molecule has 19 heavy (non-hydrogen) atoms. The van der Waals surface area contributed by atoms with Crippen LogP contribution in [-0.4, -0.2) is 25.0 Å². The normalized spacial score (nSPS) is 11.2. The number of nitrogens with one attached hydrogen (secondary N) is 2. The Kier molecular flexibility index (Phi) is 2.77. The van der Waals surface area contributed by atoms with Crippen molar-refractivity contribution in [1.29, 1.82) is 0 Å². The Bertz CT molecular complexity index is 686. The van der Waals surface area contributed by atoms with Crippen molar-refractivity contribution in [3.63, 3.8) is 0 Å². The quantitative estimate of drug-likeness (QED) is 0.626. The molecule has 7 nitrogen and oxygen atoms in total. The number of benzene rings is 1. The largest absolute Gasteiger partial charge is 0.492 e. The van der Waals surface area contributed by atoms with Crippen LogP contribution in [0.3, 0.4) is 0 Å². The van der Waals surface area contributed by atoms with Crippen molar-refractivity contribution >= 4 is 11.9 Å². The lowest BCUT2D eigenvalue weighted by molar-refractivity contribution is 0.459. The minimum Gasteiger partial charge on any atom is -0.492 e. The molecule has 0 radical (unpaired) electrons. The van der Waals surface area contributed by atoms with Crippen molar-refractivity contribution in [2.75, 3.05) is 0 Å². The molecule has 0 aliphatic carbocycles. The summed E-state index contributed by atoms with van der Waals surface area (Å²) in [5.41, 5.74) is 1.33. The van der Waals surface area contributed by atoms with Crippen molar-refractivity contribution in [2.45, 2.75) is 0 Å². The maximum absolute atomic E-state index is 9.77. The molecule has 0 bridgehead atoms. The standard InChI is InChI=1S/C12H10N6O/c19-10-9(8-4-2-1-3-5-8)15-12(16-10)18-17-11-13-6-7-14-11/h1-7,19H,(H,13,14)(H,15,16). The highest BCUT2D eigenvalue weighted by molar-refractivity contribution is 5.65. The Morgan fingerprint density at radius 1 is 1.05 bits per heavy atom. The number of aromatic nitrogens is 4. The molecule has 7 heteroatoms. The minimum absolute atomic E-state index is 0.111. The number of hydrogen-bond acceptors (Lipinski definition) is 5. The lowest BCUT2D eigenvalue weighted by Gasteiger charge is -1.95. The van der Waals surface area contributed by atoms with Gasteiger partial charge in [0.15, 0.2) is 0 Å². The maximum atomic E-state index is 9.77. The zero-order chi connectivity index (χ0) is 13.1. The smallest absolute Gasteiger partial charge is 0.250 e. The molecule has 2 aromatic heterocycles. The zero-order valence-electron chi connectivity index (χ0n) is 9.78. The van der Waals surface area contributed by atoms with Gasteiger partial charge < -0.3 is 15.1 Å². The van der Waals surface area contributed by atoms with Crippen LogP contribution >= 0.6 is 0 Å². The molecule has 0 aliphatic rings. The van der Waals surface area contributed by atoms with Crippen LogP contribution in [0.2, 0.25) is 0 Å². The number of hydrogen-bond donors (Lipinski definition) is 3. The summed E-state index contributed by atoms with van der Waals surface area (Å²) in [6.45, 7) is 0. The summed E-state index contributed by atoms with van der Waals surface area (Å²) in [5.74, 6) is 0.476. The van der Waals surface area contributed by atoms with Gasteiger partial charge in [-0.1, -0.05) is 30.3 Å². The van der Waals surface area contributed by atoms with Crippen molar-refractivity contribution in [3.8, 4) is 17.1 Å². The Labute approximate surface area is 108 Å². The van der Waals surface area contributed by atoms with Crippen LogP contribution in [0.1, 0.15) is 0 Å². The third-order valence-electron chi connectivity index (χ3n) is 2.46. The molecule has 0 unspecified atom stereocenters. The molecule has 3 N–H and O–H groups in total. The van der Waals surface area contributed by atoms with Gasteiger partial charge in [-0.15, -0.1) is 10.2 Å². The van der Waals surface area contributed by atoms with Gasteiger partial charge in [0.1, 0.15) is 5.69 Å². The van der Waals surface area contributed by atoms with E-state index in [-0.39, 0.29) is 11.8 Å². The molecular formula is C12H10N6O. The molecule has 0 amide bonds. The van der Waals surface area contributed by atoms with Crippen molar-refractivity contribution in [2.24, 2.45) is 10.2 Å². The van der Waals surface area contributed by atoms with E-state index in [0.29, 0.717) is 11.6 Å². The van der Waals surface area contributed by atoms with Gasteiger partial charge in [-0.25, -0.2) is 4.98 Å². The van der Waals surface area contributed by atoms with E-state index in [4.69, 9.17) is 0 Å². The minimum atomic E-state index is -0.111. The van der Waals surface area contributed by atoms with Gasteiger partial charge in [-0.3, -0.25) is 0 Å². The van der Waals surface area contributed by atoms with Gasteiger partial charge in [0.25, 0.3) is 5.95 Å². The molecule has 0 saturated carbocycles. The molecule has 3 aromatic rings. The van der Waals surface area contributed by atoms with Crippen LogP contribution < -0.4 is 0 Å². The first-order valence-electron chi connectivity index (χ1n) is 5.58. The number of imidazole rings is 2. The maximum Gasteiger partial charge on any atom is 0.250 e. The molecule has 1 aromatic carbocycles. The topological polar surface area (TPSA) is 102 Å². The molecule has 0 atom stereocenters. The van der Waals surface area contributed by atoms with Gasteiger partial charge in [0.2, 0.25) is 11.8 Å². The van der Waals surface area contributed by atoms with Crippen LogP contribution in [0.15, 0.2) is 53.0 Å². The summed E-state index contributed by atoms with van der Waals surface area (Å²) >= 11 is 0. The van der Waals surface area contributed by atoms with Crippen molar-refractivity contribution < 1.29 is 5.11 Å². The van der Waals surface area contributed by atoms with Crippen LogP contribution in [0.4, 0.5) is 11.9 Å². The van der Waals surface area contributed by atoms with Gasteiger partial charge >= 0.3 is 0 Å². The fraction of sp³-hybridized carbons (Fsp3) is 0. The molecule has 0 fully saturated rings. The van der Waals surface area contributed by atoms with Crippen molar-refractivity contribution in [3.05, 3.63) is 42.7 Å². The summed E-state index contributed by atoms with van der Waals surface area (Å²) in [6.07, 6.45) is 3.21. The molecular weight excluding hydrogens is 244 g/mol. The predicted octanol–water partition coefficient (Wildman–Crippen LogP) is 2.92. The van der Waals surface area contributed by atoms with Crippen LogP contribution in [0.25, 0.3) is 11.3 Å². The first-order valence-corrected chi connectivity index (χ1v) is 5.58. The van der Waals surface area contributed by atoms with Gasteiger partial charge in [-0.05, 0) is 0 Å². The van der Waals surface area contributed by atoms with Crippen LogP contribution in [-0.2, 0) is 0 Å². The molecule has 0 spiro atoms. The second-order valence-corrected chi connectivity index (χ2v) is 3.74. The highest BCUT2D eigenvalue weighted by atomic mass is 16.3. The van der Waals surface area contributed by atoms with Gasteiger partial charge in [-0.2, -0.15) is 4.98 Å². The first kappa shape index (κ1) is 11.1. The average Bonchev–Trinajstić information content (AvgIpc) is 3.07. The van der Waals surface area contributed by atoms with Gasteiger partial charge in [0.05, 0.1) is 0 Å². The van der Waals surface area contributed by atoms with E-state index in [1.54, 1.807) is 12.4 Å². The third-order valence-corrected chi connectivity index (χ3v) is 2.46. The SMILES string of the molecule is Oc1nc(N=Nc2ncc[nH]2)[nH]c1-c1ccccc1. The number of aromatic hydroxyl groups is 1. The summed E-state index contributed by atoms with van der Waals surface area (Å²) in [5, 5.41) is 17.5. The summed E-state index contributed by atoms with van der Waals surface area (Å²) < 4.78 is 0. The Balaban J connectivity index is 1.90. The van der Waals surface area contributed by atoms with E-state index in [9.17, 15) is 5.11 Å². The Hall–Kier alpha value is -2.96. The summed E-state index contributed by atoms with van der Waals surface area (Å²) in [6, 6.07) is 9.37. The fourth-order valence-electron chi connectivity index (χ4n) is 1.61. The number of nitrogens with zero attached hydrogens (tertiary/aromatic N) is 4. The van der Waals surface area contributed by atoms with Crippen LogP contribution in [0.5, 0.6) is 5.88 Å². The molecule has 0 aliphatic heterocycles. The number of aromatic amines is 2. The zero-order valence-corrected chi connectivity index (χ0v) is 9.78. The summed E-state index contributed by atoms with van der Waals surface area (Å²) in [7, 11) is 0. The second kappa shape index (κ2) is 4.73. The van der Waals surface area contributed by atoms with E-state index >= 15 is 0 Å². The van der Waals surface area contributed by atoms with Crippen LogP contribution in [0, 0.1) is 0 Å². The van der Waals surface area contributed by atoms with Crippen molar-refractivity contribution in [1.82, 2.24) is 19.9 Å². The van der Waals surface area contributed by atoms with E-state index < -0.39 is 0 Å². The fourth-order valence-corrected chi connectivity index (χ4v) is 1.61. The Morgan fingerprint density at radius 2 is 1.84 bits per heavy atom. The molecule has 2 heterocycles. The summed E-state index contributed by atoms with van der Waals surface area (Å²) in [4.78, 5) is 13.5.